The number of para-hydroxylation sites is 1. The van der Waals surface area contributed by atoms with Gasteiger partial charge in [-0.15, -0.1) is 0 Å². The Labute approximate surface area is 184 Å². The van der Waals surface area contributed by atoms with E-state index in [0.717, 1.165) is 36.5 Å². The highest BCUT2D eigenvalue weighted by Gasteiger charge is 2.38. The fourth-order valence-electron chi connectivity index (χ4n) is 5.67. The SMILES string of the molecule is C/C=C1/CN(C)C[C@H]2Cc3c(n(Cc4ccc(OC)cc4)c4ccccc34)C(=O)C[C@@H]12. The van der Waals surface area contributed by atoms with Gasteiger partial charge in [-0.3, -0.25) is 4.79 Å². The van der Waals surface area contributed by atoms with Crippen LogP contribution in [0.1, 0.15) is 35.0 Å². The van der Waals surface area contributed by atoms with Crippen LogP contribution in [0.4, 0.5) is 0 Å². The third kappa shape index (κ3) is 3.49. The van der Waals surface area contributed by atoms with E-state index in [9.17, 15) is 4.79 Å². The van der Waals surface area contributed by atoms with E-state index < -0.39 is 0 Å². The minimum Gasteiger partial charge on any atom is -0.497 e. The van der Waals surface area contributed by atoms with Crippen LogP contribution in [0.25, 0.3) is 10.9 Å². The van der Waals surface area contributed by atoms with Crippen molar-refractivity contribution in [2.24, 2.45) is 11.8 Å². The molecule has 0 spiro atoms. The molecular weight excluding hydrogens is 384 g/mol. The Balaban J connectivity index is 1.62. The summed E-state index contributed by atoms with van der Waals surface area (Å²) in [6, 6.07) is 16.7. The van der Waals surface area contributed by atoms with Gasteiger partial charge in [-0.25, -0.2) is 0 Å². The molecule has 1 aromatic heterocycles. The fourth-order valence-corrected chi connectivity index (χ4v) is 5.67. The Hall–Kier alpha value is -2.85. The summed E-state index contributed by atoms with van der Waals surface area (Å²) in [5.74, 6) is 1.98. The minimum absolute atomic E-state index is 0.288. The highest BCUT2D eigenvalue weighted by atomic mass is 16.5. The number of fused-ring (bicyclic) bond motifs is 4. The van der Waals surface area contributed by atoms with Crippen LogP contribution in [0.3, 0.4) is 0 Å². The molecular formula is C27H30N2O2. The molecule has 4 nitrogen and oxygen atoms in total. The molecule has 4 heteroatoms. The Bertz CT molecular complexity index is 1160. The molecule has 2 aromatic carbocycles. The summed E-state index contributed by atoms with van der Waals surface area (Å²) in [7, 11) is 3.88. The Morgan fingerprint density at radius 2 is 1.87 bits per heavy atom. The summed E-state index contributed by atoms with van der Waals surface area (Å²) in [6.07, 6.45) is 3.81. The van der Waals surface area contributed by atoms with E-state index in [-0.39, 0.29) is 5.78 Å². The number of allylic oxidation sites excluding steroid dienone is 1. The molecule has 1 saturated heterocycles. The van der Waals surface area contributed by atoms with Gasteiger partial charge in [0.1, 0.15) is 5.75 Å². The van der Waals surface area contributed by atoms with Crippen LogP contribution >= 0.6 is 0 Å². The number of carbonyl (C=O) groups is 1. The molecule has 3 aromatic rings. The molecule has 0 radical (unpaired) electrons. The molecule has 0 N–H and O–H groups in total. The van der Waals surface area contributed by atoms with Crippen molar-refractivity contribution in [2.75, 3.05) is 27.2 Å². The number of likely N-dealkylation sites (N-methyl/N-ethyl adjacent to an activating group) is 1. The molecule has 160 valence electrons. The average molecular weight is 415 g/mol. The lowest BCUT2D eigenvalue weighted by atomic mass is 9.78. The fraction of sp³-hybridized carbons (Fsp3) is 0.370. The summed E-state index contributed by atoms with van der Waals surface area (Å²) in [5.41, 5.74) is 5.92. The zero-order valence-electron chi connectivity index (χ0n) is 18.6. The molecule has 1 aliphatic heterocycles. The van der Waals surface area contributed by atoms with Crippen LogP contribution in [0.15, 0.2) is 60.2 Å². The van der Waals surface area contributed by atoms with E-state index in [4.69, 9.17) is 4.74 Å². The first-order valence-corrected chi connectivity index (χ1v) is 11.2. The van der Waals surface area contributed by atoms with Gasteiger partial charge in [0.05, 0.1) is 12.8 Å². The van der Waals surface area contributed by atoms with Crippen molar-refractivity contribution >= 4 is 16.7 Å². The maximum atomic E-state index is 13.7. The van der Waals surface area contributed by atoms with Crippen LogP contribution in [0.5, 0.6) is 5.75 Å². The van der Waals surface area contributed by atoms with Crippen LogP contribution in [-0.4, -0.2) is 42.5 Å². The number of rotatable bonds is 3. The first-order chi connectivity index (χ1) is 15.1. The van der Waals surface area contributed by atoms with Gasteiger partial charge in [-0.1, -0.05) is 42.0 Å². The molecule has 2 heterocycles. The smallest absolute Gasteiger partial charge is 0.180 e. The van der Waals surface area contributed by atoms with Crippen LogP contribution in [0, 0.1) is 11.8 Å². The number of nitrogens with zero attached hydrogens (tertiary/aromatic N) is 2. The van der Waals surface area contributed by atoms with Crippen LogP contribution in [-0.2, 0) is 13.0 Å². The molecule has 1 aliphatic carbocycles. The molecule has 0 unspecified atom stereocenters. The van der Waals surface area contributed by atoms with Crippen molar-refractivity contribution < 1.29 is 9.53 Å². The van der Waals surface area contributed by atoms with E-state index >= 15 is 0 Å². The van der Waals surface area contributed by atoms with E-state index in [1.807, 2.05) is 12.1 Å². The number of hydrogen-bond donors (Lipinski definition) is 0. The highest BCUT2D eigenvalue weighted by Crippen LogP contribution is 2.41. The predicted molar refractivity (Wildman–Crippen MR) is 125 cm³/mol. The van der Waals surface area contributed by atoms with Gasteiger partial charge in [0.2, 0.25) is 0 Å². The number of likely N-dealkylation sites (tertiary alicyclic amines) is 1. The maximum Gasteiger partial charge on any atom is 0.180 e. The first-order valence-electron chi connectivity index (χ1n) is 11.2. The summed E-state index contributed by atoms with van der Waals surface area (Å²) in [5, 5.41) is 1.23. The van der Waals surface area contributed by atoms with E-state index in [2.05, 4.69) is 65.9 Å². The van der Waals surface area contributed by atoms with E-state index in [0.29, 0.717) is 24.8 Å². The van der Waals surface area contributed by atoms with Crippen molar-refractivity contribution in [2.45, 2.75) is 26.3 Å². The molecule has 1 fully saturated rings. The molecule has 31 heavy (non-hydrogen) atoms. The molecule has 2 aliphatic rings. The van der Waals surface area contributed by atoms with Gasteiger partial charge < -0.3 is 14.2 Å². The third-order valence-electron chi connectivity index (χ3n) is 7.13. The summed E-state index contributed by atoms with van der Waals surface area (Å²) in [6.45, 7) is 4.83. The number of Topliss-reactive ketones (excluding diaryl/α,β-unsaturated/α-hetero) is 1. The van der Waals surface area contributed by atoms with Crippen LogP contribution in [0.2, 0.25) is 0 Å². The van der Waals surface area contributed by atoms with E-state index in [1.54, 1.807) is 7.11 Å². The van der Waals surface area contributed by atoms with Crippen molar-refractivity contribution in [3.8, 4) is 5.75 Å². The lowest BCUT2D eigenvalue weighted by Gasteiger charge is -2.38. The second kappa shape index (κ2) is 8.01. The first kappa shape index (κ1) is 20.1. The predicted octanol–water partition coefficient (Wildman–Crippen LogP) is 4.95. The standard InChI is InChI=1S/C27H30N2O2/c1-4-19-16-28(2)17-20-13-24-22-7-5-6-8-25(22)29(27(24)26(30)14-23(19)20)15-18-9-11-21(31-3)12-10-18/h4-12,20,23H,13-17H2,1-3H3/b19-4-/t20-,23+/m1/s1. The van der Waals surface area contributed by atoms with Gasteiger partial charge in [0.25, 0.3) is 0 Å². The molecule has 2 atom stereocenters. The summed E-state index contributed by atoms with van der Waals surface area (Å²) >= 11 is 0. The lowest BCUT2D eigenvalue weighted by molar-refractivity contribution is 0.0932. The minimum atomic E-state index is 0.288. The zero-order chi connectivity index (χ0) is 21.5. The Morgan fingerprint density at radius 1 is 1.10 bits per heavy atom. The molecule has 0 bridgehead atoms. The zero-order valence-corrected chi connectivity index (χ0v) is 18.6. The summed E-state index contributed by atoms with van der Waals surface area (Å²) < 4.78 is 7.57. The molecule has 0 amide bonds. The second-order valence-corrected chi connectivity index (χ2v) is 9.04. The number of aromatic nitrogens is 1. The second-order valence-electron chi connectivity index (χ2n) is 9.04. The number of ketones is 1. The van der Waals surface area contributed by atoms with Gasteiger partial charge >= 0.3 is 0 Å². The largest absolute Gasteiger partial charge is 0.497 e. The van der Waals surface area contributed by atoms with Crippen LogP contribution < -0.4 is 4.74 Å². The average Bonchev–Trinajstić information content (AvgIpc) is 3.00. The number of methoxy groups -OCH3 is 1. The number of hydrogen-bond acceptors (Lipinski definition) is 3. The maximum absolute atomic E-state index is 13.7. The van der Waals surface area contributed by atoms with Gasteiger partial charge in [0.15, 0.2) is 5.78 Å². The van der Waals surface area contributed by atoms with Crippen molar-refractivity contribution in [1.82, 2.24) is 9.47 Å². The number of carbonyl (C=O) groups excluding carboxylic acids is 1. The monoisotopic (exact) mass is 414 g/mol. The quantitative estimate of drug-likeness (QED) is 0.569. The molecule has 0 saturated carbocycles. The van der Waals surface area contributed by atoms with Gasteiger partial charge in [-0.2, -0.15) is 0 Å². The number of ether oxygens (including phenoxy) is 1. The highest BCUT2D eigenvalue weighted by molar-refractivity contribution is 6.03. The Morgan fingerprint density at radius 3 is 2.61 bits per heavy atom. The molecule has 5 rings (SSSR count). The van der Waals surface area contributed by atoms with Gasteiger partial charge in [-0.05, 0) is 61.6 Å². The van der Waals surface area contributed by atoms with Crippen molar-refractivity contribution in [3.63, 3.8) is 0 Å². The van der Waals surface area contributed by atoms with E-state index in [1.165, 1.54) is 22.1 Å². The summed E-state index contributed by atoms with van der Waals surface area (Å²) in [4.78, 5) is 16.1. The topological polar surface area (TPSA) is 34.5 Å². The normalized spacial score (nSPS) is 22.9. The lowest BCUT2D eigenvalue weighted by Crippen LogP contribution is -2.40. The van der Waals surface area contributed by atoms with Crippen molar-refractivity contribution in [3.05, 3.63) is 77.0 Å². The van der Waals surface area contributed by atoms with Crippen molar-refractivity contribution in [1.29, 1.82) is 0 Å². The Kier molecular flexibility index (Phi) is 5.19. The third-order valence-corrected chi connectivity index (χ3v) is 7.13. The number of piperidine rings is 1. The number of benzene rings is 2. The van der Waals surface area contributed by atoms with Gasteiger partial charge in [0, 0.05) is 37.0 Å².